The molecule has 0 spiro atoms. The van der Waals surface area contributed by atoms with Crippen molar-refractivity contribution in [2.24, 2.45) is 0 Å². The van der Waals surface area contributed by atoms with Gasteiger partial charge in [-0.05, 0) is 31.0 Å². The summed E-state index contributed by atoms with van der Waals surface area (Å²) < 4.78 is 27.7. The van der Waals surface area contributed by atoms with Crippen molar-refractivity contribution in [3.05, 3.63) is 70.4 Å². The predicted molar refractivity (Wildman–Crippen MR) is 111 cm³/mol. The Morgan fingerprint density at radius 2 is 1.83 bits per heavy atom. The third kappa shape index (κ3) is 3.91. The van der Waals surface area contributed by atoms with Crippen LogP contribution in [-0.2, 0) is 10.0 Å². The van der Waals surface area contributed by atoms with Crippen LogP contribution < -0.4 is 4.72 Å². The summed E-state index contributed by atoms with van der Waals surface area (Å²) in [7, 11) is -3.60. The number of carbonyl (C=O) groups is 1. The maximum Gasteiger partial charge on any atom is 0.270 e. The minimum absolute atomic E-state index is 0.0785. The number of non-ortho nitro benzene ring substituents is 1. The van der Waals surface area contributed by atoms with Crippen LogP contribution in [-0.4, -0.2) is 48.3 Å². The van der Waals surface area contributed by atoms with Gasteiger partial charge in [0.2, 0.25) is 10.0 Å². The van der Waals surface area contributed by atoms with E-state index in [1.54, 1.807) is 35.4 Å². The van der Waals surface area contributed by atoms with Crippen molar-refractivity contribution in [1.29, 1.82) is 0 Å². The number of benzene rings is 2. The summed E-state index contributed by atoms with van der Waals surface area (Å²) >= 11 is 0. The van der Waals surface area contributed by atoms with Crippen LogP contribution >= 0.6 is 0 Å². The van der Waals surface area contributed by atoms with E-state index in [1.807, 2.05) is 0 Å². The normalized spacial score (nSPS) is 15.4. The van der Waals surface area contributed by atoms with E-state index in [2.05, 4.69) is 9.71 Å². The average Bonchev–Trinajstić information content (AvgIpc) is 3.17. The quantitative estimate of drug-likeness (QED) is 0.477. The first kappa shape index (κ1) is 20.0. The van der Waals surface area contributed by atoms with Gasteiger partial charge in [0.25, 0.3) is 11.6 Å². The highest BCUT2D eigenvalue weighted by atomic mass is 32.2. The zero-order valence-corrected chi connectivity index (χ0v) is 16.8. The molecule has 4 rings (SSSR count). The zero-order chi connectivity index (χ0) is 21.3. The van der Waals surface area contributed by atoms with Gasteiger partial charge in [0, 0.05) is 48.4 Å². The first-order chi connectivity index (χ1) is 14.3. The molecule has 0 radical (unpaired) electrons. The maximum absolute atomic E-state index is 13.0. The third-order valence-corrected chi connectivity index (χ3v) is 6.80. The number of nitrogens with zero attached hydrogens (tertiary/aromatic N) is 2. The Labute approximate surface area is 172 Å². The molecule has 9 nitrogen and oxygen atoms in total. The smallest absolute Gasteiger partial charge is 0.270 e. The second kappa shape index (κ2) is 7.88. The number of hydrogen-bond donors (Lipinski definition) is 2. The topological polar surface area (TPSA) is 125 Å². The fraction of sp³-hybridized carbons (Fsp3) is 0.250. The van der Waals surface area contributed by atoms with Crippen LogP contribution in [0.1, 0.15) is 23.2 Å². The second-order valence-electron chi connectivity index (χ2n) is 7.19. The number of carbonyl (C=O) groups excluding carboxylic acids is 1. The van der Waals surface area contributed by atoms with E-state index in [9.17, 15) is 23.3 Å². The lowest BCUT2D eigenvalue weighted by atomic mass is 10.0. The minimum Gasteiger partial charge on any atom is -0.360 e. The van der Waals surface area contributed by atoms with E-state index in [-0.39, 0.29) is 22.5 Å². The van der Waals surface area contributed by atoms with E-state index < -0.39 is 14.9 Å². The zero-order valence-electron chi connectivity index (χ0n) is 15.9. The van der Waals surface area contributed by atoms with Gasteiger partial charge in [-0.2, -0.15) is 0 Å². The molecule has 1 saturated heterocycles. The lowest BCUT2D eigenvalue weighted by molar-refractivity contribution is -0.384. The predicted octanol–water partition coefficient (Wildman–Crippen LogP) is 2.66. The van der Waals surface area contributed by atoms with Crippen molar-refractivity contribution in [3.8, 4) is 0 Å². The number of hydrogen-bond acceptors (Lipinski definition) is 5. The molecule has 0 saturated carbocycles. The second-order valence-corrected chi connectivity index (χ2v) is 8.90. The lowest BCUT2D eigenvalue weighted by Gasteiger charge is -2.32. The molecule has 10 heteroatoms. The molecule has 0 bridgehead atoms. The van der Waals surface area contributed by atoms with Crippen LogP contribution in [0.25, 0.3) is 10.9 Å². The van der Waals surface area contributed by atoms with Crippen LogP contribution in [0.2, 0.25) is 0 Å². The number of fused-ring (bicyclic) bond motifs is 1. The maximum atomic E-state index is 13.0. The van der Waals surface area contributed by atoms with Crippen molar-refractivity contribution >= 4 is 32.5 Å². The van der Waals surface area contributed by atoms with Crippen LogP contribution in [0, 0.1) is 10.1 Å². The van der Waals surface area contributed by atoms with Crippen LogP contribution in [0.3, 0.4) is 0 Å². The van der Waals surface area contributed by atoms with E-state index in [1.165, 1.54) is 24.3 Å². The molecule has 1 amide bonds. The Morgan fingerprint density at radius 1 is 1.13 bits per heavy atom. The van der Waals surface area contributed by atoms with Crippen molar-refractivity contribution in [1.82, 2.24) is 14.6 Å². The Balaban J connectivity index is 1.44. The summed E-state index contributed by atoms with van der Waals surface area (Å²) in [6.45, 7) is 0.783. The van der Waals surface area contributed by atoms with Gasteiger partial charge >= 0.3 is 0 Å². The Hall–Kier alpha value is -3.24. The van der Waals surface area contributed by atoms with Gasteiger partial charge in [-0.1, -0.05) is 18.2 Å². The number of nitro groups is 1. The molecule has 156 valence electrons. The Morgan fingerprint density at radius 3 is 2.50 bits per heavy atom. The van der Waals surface area contributed by atoms with Gasteiger partial charge in [0.05, 0.1) is 15.4 Å². The summed E-state index contributed by atoms with van der Waals surface area (Å²) in [6, 6.07) is 12.3. The molecule has 2 heterocycles. The largest absolute Gasteiger partial charge is 0.360 e. The average molecular weight is 428 g/mol. The van der Waals surface area contributed by atoms with Crippen molar-refractivity contribution in [2.45, 2.75) is 23.8 Å². The number of sulfonamides is 1. The van der Waals surface area contributed by atoms with Gasteiger partial charge in [-0.3, -0.25) is 14.9 Å². The van der Waals surface area contributed by atoms with E-state index in [0.717, 1.165) is 0 Å². The summed E-state index contributed by atoms with van der Waals surface area (Å²) in [5.74, 6) is -0.230. The Kier molecular flexibility index (Phi) is 5.27. The van der Waals surface area contributed by atoms with Gasteiger partial charge in [-0.15, -0.1) is 0 Å². The third-order valence-electron chi connectivity index (χ3n) is 5.26. The van der Waals surface area contributed by atoms with Gasteiger partial charge in [0.15, 0.2) is 0 Å². The van der Waals surface area contributed by atoms with Crippen molar-refractivity contribution < 1.29 is 18.1 Å². The number of rotatable bonds is 5. The van der Waals surface area contributed by atoms with E-state index in [0.29, 0.717) is 42.4 Å². The summed E-state index contributed by atoms with van der Waals surface area (Å²) in [5, 5.41) is 11.5. The molecule has 3 aromatic rings. The number of nitro benzene ring substituents is 1. The summed E-state index contributed by atoms with van der Waals surface area (Å²) in [5.41, 5.74) is 0.941. The molecule has 30 heavy (non-hydrogen) atoms. The first-order valence-corrected chi connectivity index (χ1v) is 11.0. The van der Waals surface area contributed by atoms with Crippen LogP contribution in [0.15, 0.2) is 59.6 Å². The van der Waals surface area contributed by atoms with E-state index in [4.69, 9.17) is 0 Å². The number of H-pyrrole nitrogens is 1. The highest BCUT2D eigenvalue weighted by molar-refractivity contribution is 7.89. The molecule has 2 aromatic carbocycles. The molecular formula is C20H20N4O5S. The highest BCUT2D eigenvalue weighted by Crippen LogP contribution is 2.26. The van der Waals surface area contributed by atoms with Gasteiger partial charge < -0.3 is 9.88 Å². The lowest BCUT2D eigenvalue weighted by Crippen LogP contribution is -2.46. The molecule has 2 N–H and O–H groups in total. The van der Waals surface area contributed by atoms with Crippen LogP contribution in [0.5, 0.6) is 0 Å². The van der Waals surface area contributed by atoms with Crippen LogP contribution in [0.4, 0.5) is 5.69 Å². The first-order valence-electron chi connectivity index (χ1n) is 9.47. The Bertz CT molecular complexity index is 1200. The SMILES string of the molecule is O=C(c1c[nH]c2ccc([N+](=O)[O-])cc12)N1CCC(NS(=O)(=O)c2ccccc2)CC1. The summed E-state index contributed by atoms with van der Waals surface area (Å²) in [4.78, 5) is 28.3. The molecule has 1 aliphatic heterocycles. The molecule has 1 aliphatic rings. The molecule has 0 atom stereocenters. The number of nitrogens with one attached hydrogen (secondary N) is 2. The fourth-order valence-corrected chi connectivity index (χ4v) is 4.98. The molecule has 0 unspecified atom stereocenters. The number of aromatic amines is 1. The van der Waals surface area contributed by atoms with Crippen molar-refractivity contribution in [3.63, 3.8) is 0 Å². The number of likely N-dealkylation sites (tertiary alicyclic amines) is 1. The number of amides is 1. The van der Waals surface area contributed by atoms with Gasteiger partial charge in [-0.25, -0.2) is 13.1 Å². The molecular weight excluding hydrogens is 408 g/mol. The molecule has 1 aromatic heterocycles. The number of aromatic nitrogens is 1. The minimum atomic E-state index is -3.60. The summed E-state index contributed by atoms with van der Waals surface area (Å²) in [6.07, 6.45) is 2.53. The number of piperidine rings is 1. The van der Waals surface area contributed by atoms with Gasteiger partial charge in [0.1, 0.15) is 0 Å². The molecule has 0 aliphatic carbocycles. The van der Waals surface area contributed by atoms with E-state index >= 15 is 0 Å². The van der Waals surface area contributed by atoms with Crippen molar-refractivity contribution in [2.75, 3.05) is 13.1 Å². The monoisotopic (exact) mass is 428 g/mol. The standard InChI is InChI=1S/C20H20N4O5S/c25-20(18-13-21-19-7-6-15(24(26)27)12-17(18)19)23-10-8-14(9-11-23)22-30(28,29)16-4-2-1-3-5-16/h1-7,12-14,21-22H,8-11H2. The fourth-order valence-electron chi connectivity index (χ4n) is 3.66. The highest BCUT2D eigenvalue weighted by Gasteiger charge is 2.28. The molecule has 1 fully saturated rings.